The summed E-state index contributed by atoms with van der Waals surface area (Å²) in [5.41, 5.74) is 0.783. The number of amides is 1. The maximum Gasteiger partial charge on any atom is 0.416 e. The molecule has 0 spiro atoms. The monoisotopic (exact) mass is 349 g/mol. The maximum absolute atomic E-state index is 12.9. The third kappa shape index (κ3) is 3.97. The summed E-state index contributed by atoms with van der Waals surface area (Å²) >= 11 is 0. The minimum Gasteiger partial charge on any atom is -0.342 e. The standard InChI is InChI=1S/C18H18F3N3O/c1-12(25)24-7-3-5-14(11-24)17-10-22-9-16(23-17)13-4-2-6-15(8-13)18(19,20)21/h2,4,6,8-10,14H,3,5,7,11H2,1H3. The Balaban J connectivity index is 1.88. The zero-order valence-corrected chi connectivity index (χ0v) is 13.8. The lowest BCUT2D eigenvalue weighted by molar-refractivity contribution is -0.137. The zero-order chi connectivity index (χ0) is 18.0. The van der Waals surface area contributed by atoms with Crippen LogP contribution in [0.3, 0.4) is 0 Å². The molecule has 1 atom stereocenters. The molecule has 4 nitrogen and oxygen atoms in total. The van der Waals surface area contributed by atoms with E-state index in [-0.39, 0.29) is 11.8 Å². The lowest BCUT2D eigenvalue weighted by atomic mass is 9.94. The van der Waals surface area contributed by atoms with Gasteiger partial charge in [0.25, 0.3) is 0 Å². The fraction of sp³-hybridized carbons (Fsp3) is 0.389. The van der Waals surface area contributed by atoms with E-state index in [0.29, 0.717) is 23.5 Å². The van der Waals surface area contributed by atoms with Crippen molar-refractivity contribution in [3.8, 4) is 11.3 Å². The van der Waals surface area contributed by atoms with Crippen LogP contribution in [0.5, 0.6) is 0 Å². The van der Waals surface area contributed by atoms with Crippen molar-refractivity contribution in [2.75, 3.05) is 13.1 Å². The van der Waals surface area contributed by atoms with Crippen LogP contribution in [-0.4, -0.2) is 33.9 Å². The Morgan fingerprint density at radius 3 is 2.80 bits per heavy atom. The van der Waals surface area contributed by atoms with Gasteiger partial charge in [0.05, 0.1) is 23.1 Å². The van der Waals surface area contributed by atoms with E-state index >= 15 is 0 Å². The van der Waals surface area contributed by atoms with Crippen LogP contribution >= 0.6 is 0 Å². The quantitative estimate of drug-likeness (QED) is 0.826. The fourth-order valence-corrected chi connectivity index (χ4v) is 3.08. The minimum absolute atomic E-state index is 0.0201. The highest BCUT2D eigenvalue weighted by Gasteiger charge is 2.30. The highest BCUT2D eigenvalue weighted by atomic mass is 19.4. The topological polar surface area (TPSA) is 46.1 Å². The lowest BCUT2D eigenvalue weighted by Crippen LogP contribution is -2.37. The first-order valence-electron chi connectivity index (χ1n) is 8.09. The van der Waals surface area contributed by atoms with Crippen LogP contribution in [0.4, 0.5) is 13.2 Å². The van der Waals surface area contributed by atoms with Crippen LogP contribution in [0.25, 0.3) is 11.3 Å². The fourth-order valence-electron chi connectivity index (χ4n) is 3.08. The molecule has 1 saturated heterocycles. The summed E-state index contributed by atoms with van der Waals surface area (Å²) in [5, 5.41) is 0. The van der Waals surface area contributed by atoms with Gasteiger partial charge in [0.2, 0.25) is 5.91 Å². The lowest BCUT2D eigenvalue weighted by Gasteiger charge is -2.31. The molecule has 2 heterocycles. The van der Waals surface area contributed by atoms with Gasteiger partial charge in [0.15, 0.2) is 0 Å². The second-order valence-electron chi connectivity index (χ2n) is 6.21. The van der Waals surface area contributed by atoms with Crippen LogP contribution in [-0.2, 0) is 11.0 Å². The largest absolute Gasteiger partial charge is 0.416 e. The molecule has 0 saturated carbocycles. The van der Waals surface area contributed by atoms with Crippen molar-refractivity contribution in [2.24, 2.45) is 0 Å². The Kier molecular flexibility index (Phi) is 4.74. The summed E-state index contributed by atoms with van der Waals surface area (Å²) < 4.78 is 38.7. The minimum atomic E-state index is -4.40. The number of hydrogen-bond donors (Lipinski definition) is 0. The number of benzene rings is 1. The van der Waals surface area contributed by atoms with E-state index in [2.05, 4.69) is 9.97 Å². The van der Waals surface area contributed by atoms with Crippen LogP contribution < -0.4 is 0 Å². The summed E-state index contributed by atoms with van der Waals surface area (Å²) in [5.74, 6) is 0.0718. The number of piperidine rings is 1. The Hall–Kier alpha value is -2.44. The van der Waals surface area contributed by atoms with Crippen molar-refractivity contribution < 1.29 is 18.0 Å². The molecule has 1 aromatic heterocycles. The van der Waals surface area contributed by atoms with E-state index in [1.54, 1.807) is 17.2 Å². The van der Waals surface area contributed by atoms with E-state index in [4.69, 9.17) is 0 Å². The van der Waals surface area contributed by atoms with Gasteiger partial charge in [-0.1, -0.05) is 12.1 Å². The molecule has 0 N–H and O–H groups in total. The summed E-state index contributed by atoms with van der Waals surface area (Å²) in [7, 11) is 0. The third-order valence-electron chi connectivity index (χ3n) is 4.42. The second-order valence-corrected chi connectivity index (χ2v) is 6.21. The van der Waals surface area contributed by atoms with Gasteiger partial charge in [-0.25, -0.2) is 4.98 Å². The van der Waals surface area contributed by atoms with E-state index in [0.717, 1.165) is 31.5 Å². The highest BCUT2D eigenvalue weighted by Crippen LogP contribution is 2.32. The number of hydrogen-bond acceptors (Lipinski definition) is 3. The number of aromatic nitrogens is 2. The van der Waals surface area contributed by atoms with Crippen LogP contribution in [0, 0.1) is 0 Å². The number of carbonyl (C=O) groups excluding carboxylic acids is 1. The predicted molar refractivity (Wildman–Crippen MR) is 86.7 cm³/mol. The van der Waals surface area contributed by atoms with Crippen LogP contribution in [0.1, 0.15) is 36.9 Å². The number of halogens is 3. The van der Waals surface area contributed by atoms with Crippen molar-refractivity contribution in [2.45, 2.75) is 31.9 Å². The van der Waals surface area contributed by atoms with Gasteiger partial charge >= 0.3 is 6.18 Å². The molecule has 0 aliphatic carbocycles. The van der Waals surface area contributed by atoms with Gasteiger partial charge < -0.3 is 4.90 Å². The maximum atomic E-state index is 12.9. The second kappa shape index (κ2) is 6.82. The summed E-state index contributed by atoms with van der Waals surface area (Å²) in [4.78, 5) is 22.0. The normalized spacial score (nSPS) is 18.2. The number of likely N-dealkylation sites (tertiary alicyclic amines) is 1. The number of alkyl halides is 3. The molecule has 0 radical (unpaired) electrons. The molecule has 132 valence electrons. The van der Waals surface area contributed by atoms with Crippen molar-refractivity contribution >= 4 is 5.91 Å². The van der Waals surface area contributed by atoms with E-state index in [1.807, 2.05) is 0 Å². The van der Waals surface area contributed by atoms with Crippen molar-refractivity contribution in [3.05, 3.63) is 47.9 Å². The number of nitrogens with zero attached hydrogens (tertiary/aromatic N) is 3. The summed E-state index contributed by atoms with van der Waals surface area (Å²) in [6.07, 6.45) is 0.451. The van der Waals surface area contributed by atoms with Crippen molar-refractivity contribution in [1.82, 2.24) is 14.9 Å². The summed E-state index contributed by atoms with van der Waals surface area (Å²) in [6.45, 7) is 2.83. The Morgan fingerprint density at radius 2 is 2.08 bits per heavy atom. The molecule has 1 aliphatic rings. The molecule has 7 heteroatoms. The first-order valence-corrected chi connectivity index (χ1v) is 8.09. The SMILES string of the molecule is CC(=O)N1CCCC(c2cncc(-c3cccc(C(F)(F)F)c3)n2)C1. The van der Waals surface area contributed by atoms with Crippen molar-refractivity contribution in [3.63, 3.8) is 0 Å². The van der Waals surface area contributed by atoms with Gasteiger partial charge in [-0.2, -0.15) is 13.2 Å². The van der Waals surface area contributed by atoms with Gasteiger partial charge in [-0.3, -0.25) is 9.78 Å². The van der Waals surface area contributed by atoms with Gasteiger partial charge in [0.1, 0.15) is 0 Å². The Labute approximate surface area is 143 Å². The van der Waals surface area contributed by atoms with E-state index in [9.17, 15) is 18.0 Å². The highest BCUT2D eigenvalue weighted by molar-refractivity contribution is 5.73. The molecular weight excluding hydrogens is 331 g/mol. The number of carbonyl (C=O) groups is 1. The first kappa shape index (κ1) is 17.4. The average Bonchev–Trinajstić information content (AvgIpc) is 2.61. The molecule has 1 fully saturated rings. The van der Waals surface area contributed by atoms with Gasteiger partial charge in [-0.15, -0.1) is 0 Å². The Bertz CT molecular complexity index is 776. The van der Waals surface area contributed by atoms with E-state index in [1.165, 1.54) is 19.2 Å². The molecule has 2 aromatic rings. The summed E-state index contributed by atoms with van der Waals surface area (Å²) in [6, 6.07) is 5.07. The molecule has 1 amide bonds. The molecule has 1 unspecified atom stereocenters. The van der Waals surface area contributed by atoms with Crippen LogP contribution in [0.2, 0.25) is 0 Å². The Morgan fingerprint density at radius 1 is 1.28 bits per heavy atom. The molecule has 3 rings (SSSR count). The first-order chi connectivity index (χ1) is 11.8. The molecule has 1 aliphatic heterocycles. The predicted octanol–water partition coefficient (Wildman–Crippen LogP) is 3.89. The molecular formula is C18H18F3N3O. The zero-order valence-electron chi connectivity index (χ0n) is 13.8. The van der Waals surface area contributed by atoms with Crippen molar-refractivity contribution in [1.29, 1.82) is 0 Å². The smallest absolute Gasteiger partial charge is 0.342 e. The molecule has 25 heavy (non-hydrogen) atoms. The molecule has 1 aromatic carbocycles. The third-order valence-corrected chi connectivity index (χ3v) is 4.42. The number of rotatable bonds is 2. The van der Waals surface area contributed by atoms with Gasteiger partial charge in [0, 0.05) is 37.7 Å². The van der Waals surface area contributed by atoms with Crippen LogP contribution in [0.15, 0.2) is 36.7 Å². The van der Waals surface area contributed by atoms with Gasteiger partial charge in [-0.05, 0) is 25.0 Å². The average molecular weight is 349 g/mol. The van der Waals surface area contributed by atoms with E-state index < -0.39 is 11.7 Å². The molecule has 0 bridgehead atoms.